The van der Waals surface area contributed by atoms with Crippen molar-refractivity contribution < 1.29 is 15.0 Å². The van der Waals surface area contributed by atoms with E-state index in [2.05, 4.69) is 38.1 Å². The maximum Gasteiger partial charge on any atom is 0.156 e. The summed E-state index contributed by atoms with van der Waals surface area (Å²) in [6, 6.07) is 9.07. The average molecular weight is 465 g/mol. The van der Waals surface area contributed by atoms with E-state index in [0.717, 1.165) is 44.3 Å². The van der Waals surface area contributed by atoms with Gasteiger partial charge in [-0.3, -0.25) is 4.79 Å². The molecule has 0 spiro atoms. The minimum atomic E-state index is -0.883. The van der Waals surface area contributed by atoms with Crippen molar-refractivity contribution in [3.05, 3.63) is 64.8 Å². The lowest BCUT2D eigenvalue weighted by Crippen LogP contribution is -2.50. The SMILES string of the molecule is CCSc1ccc([C@H]2C[C@@]3(C)[C@@H](CC[C@@]3(O)C=CCO)[C@@H]3CCC4=CC(=O)CCC4=C32)cc1. The van der Waals surface area contributed by atoms with Gasteiger partial charge in [0.1, 0.15) is 0 Å². The predicted octanol–water partition coefficient (Wildman–Crippen LogP) is 5.98. The Kier molecular flexibility index (Phi) is 6.22. The van der Waals surface area contributed by atoms with Crippen LogP contribution in [0.15, 0.2) is 64.1 Å². The number of carbonyl (C=O) groups is 1. The molecule has 1 aromatic carbocycles. The van der Waals surface area contributed by atoms with Gasteiger partial charge in [-0.2, -0.15) is 0 Å². The Morgan fingerprint density at radius 3 is 2.67 bits per heavy atom. The van der Waals surface area contributed by atoms with Gasteiger partial charge in [-0.1, -0.05) is 43.7 Å². The molecule has 0 aliphatic heterocycles. The zero-order chi connectivity index (χ0) is 23.2. The molecule has 2 saturated carbocycles. The first-order chi connectivity index (χ1) is 15.9. The smallest absolute Gasteiger partial charge is 0.156 e. The number of hydrogen-bond donors (Lipinski definition) is 2. The maximum absolute atomic E-state index is 12.2. The molecule has 2 N–H and O–H groups in total. The quantitative estimate of drug-likeness (QED) is 0.416. The molecule has 0 bridgehead atoms. The summed E-state index contributed by atoms with van der Waals surface area (Å²) in [6.45, 7) is 4.43. The molecule has 4 aliphatic rings. The highest BCUT2D eigenvalue weighted by Crippen LogP contribution is 2.67. The van der Waals surface area contributed by atoms with E-state index in [9.17, 15) is 15.0 Å². The Bertz CT molecular complexity index is 1020. The second-order valence-corrected chi connectivity index (χ2v) is 11.9. The fraction of sp³-hybridized carbons (Fsp3) is 0.552. The van der Waals surface area contributed by atoms with Crippen LogP contribution in [0.25, 0.3) is 0 Å². The molecule has 3 nitrogen and oxygen atoms in total. The summed E-state index contributed by atoms with van der Waals surface area (Å²) < 4.78 is 0. The second-order valence-electron chi connectivity index (χ2n) is 10.5. The van der Waals surface area contributed by atoms with E-state index in [-0.39, 0.29) is 23.7 Å². The molecule has 5 atom stereocenters. The van der Waals surface area contributed by atoms with Crippen LogP contribution in [0.2, 0.25) is 0 Å². The number of fused-ring (bicyclic) bond motifs is 4. The number of benzene rings is 1. The van der Waals surface area contributed by atoms with Gasteiger partial charge in [-0.15, -0.1) is 11.8 Å². The molecule has 4 heteroatoms. The highest BCUT2D eigenvalue weighted by molar-refractivity contribution is 7.99. The van der Waals surface area contributed by atoms with Crippen molar-refractivity contribution in [3.8, 4) is 0 Å². The maximum atomic E-state index is 12.2. The second kappa shape index (κ2) is 8.87. The summed E-state index contributed by atoms with van der Waals surface area (Å²) in [6.07, 6.45) is 11.7. The largest absolute Gasteiger partial charge is 0.392 e. The molecule has 33 heavy (non-hydrogen) atoms. The van der Waals surface area contributed by atoms with Crippen molar-refractivity contribution in [3.63, 3.8) is 0 Å². The molecule has 1 aromatic rings. The van der Waals surface area contributed by atoms with Gasteiger partial charge in [-0.25, -0.2) is 0 Å². The third kappa shape index (κ3) is 3.79. The minimum Gasteiger partial charge on any atom is -0.392 e. The third-order valence-electron chi connectivity index (χ3n) is 9.04. The average Bonchev–Trinajstić information content (AvgIpc) is 3.08. The molecular weight excluding hydrogens is 428 g/mol. The van der Waals surface area contributed by atoms with E-state index in [1.807, 2.05) is 23.9 Å². The number of hydrogen-bond acceptors (Lipinski definition) is 4. The van der Waals surface area contributed by atoms with Crippen molar-refractivity contribution in [2.75, 3.05) is 12.4 Å². The van der Waals surface area contributed by atoms with E-state index in [4.69, 9.17) is 0 Å². The van der Waals surface area contributed by atoms with Crippen LogP contribution in [0.3, 0.4) is 0 Å². The van der Waals surface area contributed by atoms with E-state index < -0.39 is 5.60 Å². The van der Waals surface area contributed by atoms with Gasteiger partial charge in [-0.05, 0) is 91.0 Å². The summed E-state index contributed by atoms with van der Waals surface area (Å²) in [7, 11) is 0. The summed E-state index contributed by atoms with van der Waals surface area (Å²) in [5, 5.41) is 21.3. The van der Waals surface area contributed by atoms with Crippen molar-refractivity contribution in [1.29, 1.82) is 0 Å². The van der Waals surface area contributed by atoms with E-state index >= 15 is 0 Å². The molecule has 2 fully saturated rings. The van der Waals surface area contributed by atoms with Crippen molar-refractivity contribution in [2.45, 2.75) is 75.2 Å². The molecule has 4 aliphatic carbocycles. The molecule has 0 amide bonds. The number of thioether (sulfide) groups is 1. The van der Waals surface area contributed by atoms with E-state index in [0.29, 0.717) is 18.3 Å². The standard InChI is InChI=1S/C29H36O3S/c1-3-33-22-9-5-19(6-10-22)25-18-28(2)26(13-15-29(28,32)14-4-16-30)24-11-7-20-17-21(31)8-12-23(20)27(24)25/h4-6,9-10,14,17,24-26,30,32H,3,7-8,11-13,15-16,18H2,1-2H3/t24-,25+,26-,28-,29-/m0/s1. The zero-order valence-corrected chi connectivity index (χ0v) is 20.7. The lowest BCUT2D eigenvalue weighted by atomic mass is 9.51. The van der Waals surface area contributed by atoms with Crippen LogP contribution in [0, 0.1) is 17.3 Å². The molecule has 0 radical (unpaired) electrons. The fourth-order valence-electron chi connectivity index (χ4n) is 7.48. The third-order valence-corrected chi connectivity index (χ3v) is 9.94. The van der Waals surface area contributed by atoms with Gasteiger partial charge in [0.15, 0.2) is 5.78 Å². The molecule has 5 rings (SSSR count). The first kappa shape index (κ1) is 23.1. The minimum absolute atomic E-state index is 0.0377. The van der Waals surface area contributed by atoms with Gasteiger partial charge in [0.25, 0.3) is 0 Å². The van der Waals surface area contributed by atoms with Crippen LogP contribution in [0.4, 0.5) is 0 Å². The molecule has 0 saturated heterocycles. The highest BCUT2D eigenvalue weighted by Gasteiger charge is 2.61. The normalized spacial score (nSPS) is 35.9. The molecule has 0 aromatic heterocycles. The fourth-order valence-corrected chi connectivity index (χ4v) is 8.14. The van der Waals surface area contributed by atoms with Gasteiger partial charge in [0.2, 0.25) is 0 Å². The summed E-state index contributed by atoms with van der Waals surface area (Å²) in [5.74, 6) is 2.48. The molecule has 0 unspecified atom stereocenters. The zero-order valence-electron chi connectivity index (χ0n) is 19.8. The van der Waals surface area contributed by atoms with Crippen LogP contribution in [0.1, 0.15) is 70.3 Å². The van der Waals surface area contributed by atoms with Gasteiger partial charge in [0.05, 0.1) is 12.2 Å². The lowest BCUT2D eigenvalue weighted by Gasteiger charge is -2.54. The Labute approximate surface area is 202 Å². The molecule has 0 heterocycles. The molecular formula is C29H36O3S. The number of ketones is 1. The van der Waals surface area contributed by atoms with Crippen LogP contribution >= 0.6 is 11.8 Å². The van der Waals surface area contributed by atoms with Gasteiger partial charge >= 0.3 is 0 Å². The molecule has 176 valence electrons. The number of aliphatic hydroxyl groups excluding tert-OH is 1. The number of aliphatic hydroxyl groups is 2. The summed E-state index contributed by atoms with van der Waals surface area (Å²) >= 11 is 1.86. The Hall–Kier alpha value is -1.62. The van der Waals surface area contributed by atoms with Crippen LogP contribution < -0.4 is 0 Å². The van der Waals surface area contributed by atoms with E-state index in [1.54, 1.807) is 11.6 Å². The Balaban J connectivity index is 1.63. The van der Waals surface area contributed by atoms with Gasteiger partial charge < -0.3 is 10.2 Å². The number of carbonyl (C=O) groups excluding carboxylic acids is 1. The van der Waals surface area contributed by atoms with Gasteiger partial charge in [0, 0.05) is 22.6 Å². The Morgan fingerprint density at radius 1 is 1.15 bits per heavy atom. The summed E-state index contributed by atoms with van der Waals surface area (Å²) in [5.41, 5.74) is 4.51. The van der Waals surface area contributed by atoms with Crippen molar-refractivity contribution >= 4 is 17.5 Å². The Morgan fingerprint density at radius 2 is 1.94 bits per heavy atom. The van der Waals surface area contributed by atoms with Crippen molar-refractivity contribution in [1.82, 2.24) is 0 Å². The number of allylic oxidation sites excluding steroid dienone is 4. The van der Waals surface area contributed by atoms with Crippen LogP contribution in [-0.2, 0) is 4.79 Å². The predicted molar refractivity (Wildman–Crippen MR) is 134 cm³/mol. The van der Waals surface area contributed by atoms with Crippen LogP contribution in [-0.4, -0.2) is 34.0 Å². The summed E-state index contributed by atoms with van der Waals surface area (Å²) in [4.78, 5) is 13.5. The monoisotopic (exact) mass is 464 g/mol. The van der Waals surface area contributed by atoms with Crippen molar-refractivity contribution in [2.24, 2.45) is 17.3 Å². The topological polar surface area (TPSA) is 57.5 Å². The highest BCUT2D eigenvalue weighted by atomic mass is 32.2. The number of rotatable bonds is 5. The van der Waals surface area contributed by atoms with Crippen LogP contribution in [0.5, 0.6) is 0 Å². The first-order valence-corrected chi connectivity index (χ1v) is 13.6. The van der Waals surface area contributed by atoms with E-state index in [1.165, 1.54) is 21.6 Å². The first-order valence-electron chi connectivity index (χ1n) is 12.6. The lowest BCUT2D eigenvalue weighted by molar-refractivity contribution is -0.114.